The summed E-state index contributed by atoms with van der Waals surface area (Å²) in [5, 5.41) is 11.8. The molecular formula is C25H20N2O2. The van der Waals surface area contributed by atoms with Crippen molar-refractivity contribution in [3.8, 4) is 17.2 Å². The number of hydrogen-bond acceptors (Lipinski definition) is 3. The number of carbonyl (C=O) groups is 1. The molecule has 1 amide bonds. The van der Waals surface area contributed by atoms with E-state index in [-0.39, 0.29) is 5.92 Å². The largest absolute Gasteiger partial charge is 0.449 e. The van der Waals surface area contributed by atoms with Crippen molar-refractivity contribution in [1.82, 2.24) is 5.32 Å². The van der Waals surface area contributed by atoms with Crippen molar-refractivity contribution in [1.29, 1.82) is 5.26 Å². The van der Waals surface area contributed by atoms with Gasteiger partial charge in [-0.2, -0.15) is 5.26 Å². The van der Waals surface area contributed by atoms with Crippen LogP contribution in [0.25, 0.3) is 17.2 Å². The molecule has 1 N–H and O–H groups in total. The minimum Gasteiger partial charge on any atom is -0.449 e. The summed E-state index contributed by atoms with van der Waals surface area (Å²) in [6, 6.07) is 26.0. The maximum absolute atomic E-state index is 12.1. The van der Waals surface area contributed by atoms with Crippen molar-refractivity contribution >= 4 is 12.2 Å². The molecule has 1 aliphatic carbocycles. The molecule has 0 radical (unpaired) electrons. The van der Waals surface area contributed by atoms with Crippen LogP contribution in [0.15, 0.2) is 78.9 Å². The Bertz CT molecular complexity index is 1070. The first-order valence-corrected chi connectivity index (χ1v) is 9.52. The lowest BCUT2D eigenvalue weighted by Crippen LogP contribution is -2.26. The summed E-state index contributed by atoms with van der Waals surface area (Å²) < 4.78 is 5.50. The van der Waals surface area contributed by atoms with Crippen molar-refractivity contribution in [2.75, 3.05) is 13.2 Å². The van der Waals surface area contributed by atoms with Crippen LogP contribution in [0.4, 0.5) is 4.79 Å². The quantitative estimate of drug-likeness (QED) is 0.669. The van der Waals surface area contributed by atoms with E-state index in [0.717, 1.165) is 5.56 Å². The molecule has 0 saturated carbocycles. The van der Waals surface area contributed by atoms with Gasteiger partial charge in [0.15, 0.2) is 0 Å². The number of fused-ring (bicyclic) bond motifs is 3. The van der Waals surface area contributed by atoms with Crippen LogP contribution in [-0.2, 0) is 4.74 Å². The first kappa shape index (κ1) is 18.5. The van der Waals surface area contributed by atoms with Gasteiger partial charge in [-0.3, -0.25) is 0 Å². The van der Waals surface area contributed by atoms with Crippen molar-refractivity contribution in [2.24, 2.45) is 0 Å². The number of ether oxygens (including phenoxy) is 1. The van der Waals surface area contributed by atoms with E-state index in [1.54, 1.807) is 12.1 Å². The Hall–Kier alpha value is -3.84. The number of carbonyl (C=O) groups excluding carboxylic acids is 1. The zero-order valence-corrected chi connectivity index (χ0v) is 15.8. The minimum absolute atomic E-state index is 0.0474. The molecule has 29 heavy (non-hydrogen) atoms. The summed E-state index contributed by atoms with van der Waals surface area (Å²) in [4.78, 5) is 12.1. The molecule has 0 spiro atoms. The highest BCUT2D eigenvalue weighted by molar-refractivity contribution is 5.79. The Morgan fingerprint density at radius 2 is 1.59 bits per heavy atom. The van der Waals surface area contributed by atoms with Gasteiger partial charge in [0.1, 0.15) is 6.61 Å². The molecule has 4 rings (SSSR count). The zero-order valence-electron chi connectivity index (χ0n) is 15.8. The second kappa shape index (κ2) is 8.45. The highest BCUT2D eigenvalue weighted by atomic mass is 16.5. The lowest BCUT2D eigenvalue weighted by Gasteiger charge is -2.14. The predicted octanol–water partition coefficient (Wildman–Crippen LogP) is 5.11. The smallest absolute Gasteiger partial charge is 0.407 e. The summed E-state index contributed by atoms with van der Waals surface area (Å²) in [5.74, 6) is 0.0474. The van der Waals surface area contributed by atoms with Gasteiger partial charge in [-0.15, -0.1) is 0 Å². The molecule has 3 aromatic rings. The Balaban J connectivity index is 1.35. The van der Waals surface area contributed by atoms with E-state index in [0.29, 0.717) is 18.7 Å². The van der Waals surface area contributed by atoms with Crippen LogP contribution < -0.4 is 5.32 Å². The second-order valence-electron chi connectivity index (χ2n) is 6.81. The van der Waals surface area contributed by atoms with Crippen LogP contribution in [0.3, 0.4) is 0 Å². The van der Waals surface area contributed by atoms with Crippen LogP contribution in [0, 0.1) is 11.3 Å². The normalized spacial score (nSPS) is 12.2. The summed E-state index contributed by atoms with van der Waals surface area (Å²) in [5.41, 5.74) is 6.21. The minimum atomic E-state index is -0.454. The van der Waals surface area contributed by atoms with Crippen molar-refractivity contribution in [2.45, 2.75) is 5.92 Å². The van der Waals surface area contributed by atoms with E-state index < -0.39 is 6.09 Å². The molecular weight excluding hydrogens is 360 g/mol. The molecule has 4 heteroatoms. The topological polar surface area (TPSA) is 62.1 Å². The first-order chi connectivity index (χ1) is 14.3. The number of nitrogens with one attached hydrogen (secondary N) is 1. The molecule has 0 heterocycles. The van der Waals surface area contributed by atoms with Gasteiger partial charge in [0.05, 0.1) is 11.6 Å². The fraction of sp³-hybridized carbons (Fsp3) is 0.120. The molecule has 0 bridgehead atoms. The molecule has 0 unspecified atom stereocenters. The molecule has 0 saturated heterocycles. The van der Waals surface area contributed by atoms with Crippen molar-refractivity contribution in [3.05, 3.63) is 101 Å². The standard InChI is InChI=1S/C25H20N2O2/c26-16-19-9-2-1-8-18(19)10-7-15-27-25(28)29-17-24-22-13-5-3-11-20(22)21-12-4-6-14-23(21)24/h1-14,24H,15,17H2,(H,27,28). The van der Waals surface area contributed by atoms with Gasteiger partial charge in [-0.05, 0) is 33.9 Å². The number of nitriles is 1. The molecule has 142 valence electrons. The summed E-state index contributed by atoms with van der Waals surface area (Å²) in [7, 11) is 0. The highest BCUT2D eigenvalue weighted by Crippen LogP contribution is 2.44. The van der Waals surface area contributed by atoms with Crippen molar-refractivity contribution < 1.29 is 9.53 Å². The lowest BCUT2D eigenvalue weighted by molar-refractivity contribution is 0.144. The SMILES string of the molecule is N#Cc1ccccc1C=CCNC(=O)OCC1c2ccccc2-c2ccccc21. The number of amides is 1. The Morgan fingerprint density at radius 1 is 0.966 bits per heavy atom. The van der Waals surface area contributed by atoms with Crippen LogP contribution >= 0.6 is 0 Å². The number of nitrogens with zero attached hydrogens (tertiary/aromatic N) is 1. The average Bonchev–Trinajstić information content (AvgIpc) is 3.09. The lowest BCUT2D eigenvalue weighted by atomic mass is 9.98. The third-order valence-electron chi connectivity index (χ3n) is 5.09. The van der Waals surface area contributed by atoms with Crippen LogP contribution in [0.1, 0.15) is 28.2 Å². The van der Waals surface area contributed by atoms with Gasteiger partial charge < -0.3 is 10.1 Å². The molecule has 0 fully saturated rings. The maximum atomic E-state index is 12.1. The van der Waals surface area contributed by atoms with Gasteiger partial charge in [0.2, 0.25) is 0 Å². The first-order valence-electron chi connectivity index (χ1n) is 9.52. The molecule has 1 aliphatic rings. The van der Waals surface area contributed by atoms with Gasteiger partial charge in [-0.1, -0.05) is 78.9 Å². The average molecular weight is 380 g/mol. The molecule has 3 aromatic carbocycles. The van der Waals surface area contributed by atoms with E-state index in [1.807, 2.05) is 48.5 Å². The van der Waals surface area contributed by atoms with Crippen LogP contribution in [0.5, 0.6) is 0 Å². The monoisotopic (exact) mass is 380 g/mol. The summed E-state index contributed by atoms with van der Waals surface area (Å²) in [6.45, 7) is 0.622. The molecule has 0 aliphatic heterocycles. The third kappa shape index (κ3) is 3.90. The number of hydrogen-bond donors (Lipinski definition) is 1. The zero-order chi connectivity index (χ0) is 20.1. The number of benzene rings is 3. The van der Waals surface area contributed by atoms with Gasteiger partial charge >= 0.3 is 6.09 Å². The Kier molecular flexibility index (Phi) is 5.40. The van der Waals surface area contributed by atoms with E-state index in [2.05, 4.69) is 35.7 Å². The van der Waals surface area contributed by atoms with E-state index >= 15 is 0 Å². The van der Waals surface area contributed by atoms with Crippen molar-refractivity contribution in [3.63, 3.8) is 0 Å². The van der Waals surface area contributed by atoms with Gasteiger partial charge in [-0.25, -0.2) is 4.79 Å². The fourth-order valence-electron chi connectivity index (χ4n) is 3.72. The molecule has 0 atom stereocenters. The Labute approximate surface area is 170 Å². The molecule has 4 nitrogen and oxygen atoms in total. The maximum Gasteiger partial charge on any atom is 0.407 e. The second-order valence-corrected chi connectivity index (χ2v) is 6.81. The predicted molar refractivity (Wildman–Crippen MR) is 113 cm³/mol. The number of alkyl carbamates (subject to hydrolysis) is 1. The van der Waals surface area contributed by atoms with Gasteiger partial charge in [0.25, 0.3) is 0 Å². The van der Waals surface area contributed by atoms with Gasteiger partial charge in [0, 0.05) is 12.5 Å². The van der Waals surface area contributed by atoms with E-state index in [9.17, 15) is 4.79 Å². The summed E-state index contributed by atoms with van der Waals surface area (Å²) >= 11 is 0. The van der Waals surface area contributed by atoms with Crippen LogP contribution in [-0.4, -0.2) is 19.2 Å². The molecule has 0 aromatic heterocycles. The third-order valence-corrected chi connectivity index (χ3v) is 5.09. The Morgan fingerprint density at radius 3 is 2.28 bits per heavy atom. The van der Waals surface area contributed by atoms with Crippen LogP contribution in [0.2, 0.25) is 0 Å². The number of rotatable bonds is 5. The highest BCUT2D eigenvalue weighted by Gasteiger charge is 2.28. The van der Waals surface area contributed by atoms with E-state index in [4.69, 9.17) is 10.00 Å². The summed E-state index contributed by atoms with van der Waals surface area (Å²) in [6.07, 6.45) is 3.17. The van der Waals surface area contributed by atoms with E-state index in [1.165, 1.54) is 22.3 Å². The fourth-order valence-corrected chi connectivity index (χ4v) is 3.72.